The van der Waals surface area contributed by atoms with Gasteiger partial charge in [0.05, 0.1) is 4.90 Å². The Morgan fingerprint density at radius 1 is 1.38 bits per heavy atom. The molecular formula is C13H17NO5S2. The average Bonchev–Trinajstić information content (AvgIpc) is 2.43. The molecular weight excluding hydrogens is 314 g/mol. The van der Waals surface area contributed by atoms with E-state index in [0.717, 1.165) is 0 Å². The summed E-state index contributed by atoms with van der Waals surface area (Å²) in [5.74, 6) is -0.966. The summed E-state index contributed by atoms with van der Waals surface area (Å²) in [6.45, 7) is 1.33. The lowest BCUT2D eigenvalue weighted by atomic mass is 10.2. The minimum Gasteiger partial charge on any atom is -0.480 e. The van der Waals surface area contributed by atoms with Crippen LogP contribution in [0.15, 0.2) is 29.2 Å². The number of carbonyl (C=O) groups excluding carboxylic acids is 1. The second kappa shape index (κ2) is 7.58. The minimum atomic E-state index is -3.98. The molecule has 0 bridgehead atoms. The number of hydrogen-bond donors (Lipinski definition) is 2. The fourth-order valence-electron chi connectivity index (χ4n) is 1.61. The first-order valence-electron chi connectivity index (χ1n) is 6.13. The number of sulfonamides is 1. The van der Waals surface area contributed by atoms with Crippen molar-refractivity contribution in [3.63, 3.8) is 0 Å². The lowest BCUT2D eigenvalue weighted by molar-refractivity contribution is -0.139. The largest absolute Gasteiger partial charge is 0.480 e. The molecule has 1 rings (SSSR count). The molecule has 0 aliphatic carbocycles. The summed E-state index contributed by atoms with van der Waals surface area (Å²) in [6, 6.07) is 4.32. The number of Topliss-reactive ketones (excluding diaryl/α,β-unsaturated/α-hetero) is 1. The van der Waals surface area contributed by atoms with Gasteiger partial charge < -0.3 is 5.11 Å². The molecule has 21 heavy (non-hydrogen) atoms. The van der Waals surface area contributed by atoms with E-state index in [2.05, 4.69) is 4.72 Å². The van der Waals surface area contributed by atoms with E-state index in [9.17, 15) is 18.0 Å². The van der Waals surface area contributed by atoms with Gasteiger partial charge in [0.25, 0.3) is 0 Å². The number of benzene rings is 1. The van der Waals surface area contributed by atoms with Crippen LogP contribution in [0, 0.1) is 0 Å². The molecule has 0 fully saturated rings. The number of carbonyl (C=O) groups is 2. The van der Waals surface area contributed by atoms with Gasteiger partial charge in [0.2, 0.25) is 10.0 Å². The maximum absolute atomic E-state index is 12.2. The van der Waals surface area contributed by atoms with Crippen LogP contribution in [0.2, 0.25) is 0 Å². The van der Waals surface area contributed by atoms with Crippen LogP contribution in [-0.4, -0.2) is 43.3 Å². The molecule has 0 saturated carbocycles. The molecule has 1 atom stereocenters. The highest BCUT2D eigenvalue weighted by molar-refractivity contribution is 7.98. The van der Waals surface area contributed by atoms with Crippen LogP contribution in [0.5, 0.6) is 0 Å². The highest BCUT2D eigenvalue weighted by atomic mass is 32.2. The zero-order valence-electron chi connectivity index (χ0n) is 11.7. The SMILES string of the molecule is CSCC[C@@H](NS(=O)(=O)c1cccc(C(C)=O)c1)C(=O)O. The van der Waals surface area contributed by atoms with E-state index in [1.165, 1.54) is 43.0 Å². The third kappa shape index (κ3) is 5.14. The quantitative estimate of drug-likeness (QED) is 0.698. The molecule has 8 heteroatoms. The van der Waals surface area contributed by atoms with Crippen LogP contribution >= 0.6 is 11.8 Å². The molecule has 1 aromatic carbocycles. The first kappa shape index (κ1) is 17.7. The maximum Gasteiger partial charge on any atom is 0.321 e. The molecule has 2 N–H and O–H groups in total. The third-order valence-corrected chi connectivity index (χ3v) is 4.87. The first-order valence-corrected chi connectivity index (χ1v) is 9.00. The molecule has 0 aromatic heterocycles. The maximum atomic E-state index is 12.2. The van der Waals surface area contributed by atoms with Crippen molar-refractivity contribution in [2.45, 2.75) is 24.3 Å². The zero-order chi connectivity index (χ0) is 16.0. The molecule has 0 heterocycles. The van der Waals surface area contributed by atoms with Crippen molar-refractivity contribution in [2.24, 2.45) is 0 Å². The predicted octanol–water partition coefficient (Wildman–Crippen LogP) is 1.37. The molecule has 0 saturated heterocycles. The normalized spacial score (nSPS) is 12.9. The Morgan fingerprint density at radius 2 is 2.05 bits per heavy atom. The monoisotopic (exact) mass is 331 g/mol. The number of thioether (sulfide) groups is 1. The fourth-order valence-corrected chi connectivity index (χ4v) is 3.35. The lowest BCUT2D eigenvalue weighted by Crippen LogP contribution is -2.41. The molecule has 0 spiro atoms. The van der Waals surface area contributed by atoms with Gasteiger partial charge in [-0.1, -0.05) is 12.1 Å². The van der Waals surface area contributed by atoms with Gasteiger partial charge in [-0.05, 0) is 37.5 Å². The summed E-state index contributed by atoms with van der Waals surface area (Å²) in [5.41, 5.74) is 0.258. The minimum absolute atomic E-state index is 0.120. The Balaban J connectivity index is 3.01. The average molecular weight is 331 g/mol. The van der Waals surface area contributed by atoms with E-state index >= 15 is 0 Å². The predicted molar refractivity (Wildman–Crippen MR) is 81.2 cm³/mol. The summed E-state index contributed by atoms with van der Waals surface area (Å²) < 4.78 is 26.5. The second-order valence-corrected chi connectivity index (χ2v) is 7.08. The molecule has 1 aromatic rings. The smallest absolute Gasteiger partial charge is 0.321 e. The molecule has 6 nitrogen and oxygen atoms in total. The molecule has 116 valence electrons. The van der Waals surface area contributed by atoms with Crippen LogP contribution in [-0.2, 0) is 14.8 Å². The van der Waals surface area contributed by atoms with Crippen LogP contribution in [0.3, 0.4) is 0 Å². The number of nitrogens with one attached hydrogen (secondary N) is 1. The zero-order valence-corrected chi connectivity index (χ0v) is 13.3. The topological polar surface area (TPSA) is 101 Å². The van der Waals surface area contributed by atoms with Gasteiger partial charge in [-0.15, -0.1) is 0 Å². The number of hydrogen-bond acceptors (Lipinski definition) is 5. The van der Waals surface area contributed by atoms with Crippen molar-refractivity contribution in [2.75, 3.05) is 12.0 Å². The van der Waals surface area contributed by atoms with E-state index in [-0.39, 0.29) is 22.7 Å². The molecule has 0 radical (unpaired) electrons. The highest BCUT2D eigenvalue weighted by Crippen LogP contribution is 2.13. The van der Waals surface area contributed by atoms with Crippen molar-refractivity contribution < 1.29 is 23.1 Å². The van der Waals surface area contributed by atoms with E-state index in [4.69, 9.17) is 5.11 Å². The van der Waals surface area contributed by atoms with Crippen LogP contribution in [0.4, 0.5) is 0 Å². The Morgan fingerprint density at radius 3 is 2.57 bits per heavy atom. The van der Waals surface area contributed by atoms with Gasteiger partial charge in [-0.2, -0.15) is 16.5 Å². The van der Waals surface area contributed by atoms with Crippen molar-refractivity contribution in [1.82, 2.24) is 4.72 Å². The first-order chi connectivity index (χ1) is 9.77. The summed E-state index contributed by atoms with van der Waals surface area (Å²) >= 11 is 1.43. The Kier molecular flexibility index (Phi) is 6.38. The van der Waals surface area contributed by atoms with E-state index in [1.807, 2.05) is 6.26 Å². The summed E-state index contributed by atoms with van der Waals surface area (Å²) in [6.07, 6.45) is 1.99. The van der Waals surface area contributed by atoms with Gasteiger partial charge in [0.1, 0.15) is 6.04 Å². The number of rotatable bonds is 8. The van der Waals surface area contributed by atoms with E-state index in [0.29, 0.717) is 5.75 Å². The lowest BCUT2D eigenvalue weighted by Gasteiger charge is -2.14. The van der Waals surface area contributed by atoms with Crippen LogP contribution in [0.1, 0.15) is 23.7 Å². The number of carboxylic acid groups (broad SMARTS) is 1. The molecule has 0 aliphatic heterocycles. The van der Waals surface area contributed by atoms with E-state index in [1.54, 1.807) is 0 Å². The summed E-state index contributed by atoms with van der Waals surface area (Å²) in [5, 5.41) is 9.06. The van der Waals surface area contributed by atoms with Crippen molar-refractivity contribution in [1.29, 1.82) is 0 Å². The molecule has 0 unspecified atom stereocenters. The van der Waals surface area contributed by atoms with Crippen LogP contribution in [0.25, 0.3) is 0 Å². The van der Waals surface area contributed by atoms with Gasteiger partial charge >= 0.3 is 5.97 Å². The molecule has 0 amide bonds. The Hall–Kier alpha value is -1.38. The second-order valence-electron chi connectivity index (χ2n) is 4.38. The standard InChI is InChI=1S/C13H17NO5S2/c1-9(15)10-4-3-5-11(8-10)21(18,19)14-12(13(16)17)6-7-20-2/h3-5,8,12,14H,6-7H2,1-2H3,(H,16,17)/t12-/m1/s1. The van der Waals surface area contributed by atoms with Gasteiger partial charge in [0, 0.05) is 5.56 Å². The Bertz CT molecular complexity index is 627. The van der Waals surface area contributed by atoms with Crippen molar-refractivity contribution in [3.8, 4) is 0 Å². The van der Waals surface area contributed by atoms with Gasteiger partial charge in [-0.25, -0.2) is 8.42 Å². The van der Waals surface area contributed by atoms with Crippen molar-refractivity contribution >= 4 is 33.5 Å². The fraction of sp³-hybridized carbons (Fsp3) is 0.385. The summed E-state index contributed by atoms with van der Waals surface area (Å²) in [7, 11) is -3.98. The summed E-state index contributed by atoms with van der Waals surface area (Å²) in [4.78, 5) is 22.3. The number of aliphatic carboxylic acids is 1. The highest BCUT2D eigenvalue weighted by Gasteiger charge is 2.25. The molecule has 0 aliphatic rings. The number of carboxylic acids is 1. The van der Waals surface area contributed by atoms with Crippen molar-refractivity contribution in [3.05, 3.63) is 29.8 Å². The Labute approximate surface area is 128 Å². The van der Waals surface area contributed by atoms with Gasteiger partial charge in [0.15, 0.2) is 5.78 Å². The third-order valence-electron chi connectivity index (χ3n) is 2.76. The number of ketones is 1. The van der Waals surface area contributed by atoms with E-state index < -0.39 is 22.0 Å². The van der Waals surface area contributed by atoms with Gasteiger partial charge in [-0.3, -0.25) is 9.59 Å². The van der Waals surface area contributed by atoms with Crippen LogP contribution < -0.4 is 4.72 Å².